The fourth-order valence-corrected chi connectivity index (χ4v) is 5.23. The summed E-state index contributed by atoms with van der Waals surface area (Å²) in [6, 6.07) is 8.53. The summed E-state index contributed by atoms with van der Waals surface area (Å²) in [7, 11) is 0. The molecular weight excluding hydrogens is 358 g/mol. The van der Waals surface area contributed by atoms with E-state index in [1.54, 1.807) is 0 Å². The van der Waals surface area contributed by atoms with Crippen LogP contribution in [-0.2, 0) is 19.1 Å². The van der Waals surface area contributed by atoms with Crippen molar-refractivity contribution in [2.75, 3.05) is 36.1 Å². The van der Waals surface area contributed by atoms with Crippen LogP contribution in [0.1, 0.15) is 38.5 Å². The molecule has 150 valence electrons. The number of hydrogen-bond acceptors (Lipinski definition) is 6. The molecule has 7 nitrogen and oxygen atoms in total. The SMILES string of the molecule is O=C1CC[C@@H](N2CCN(C3CCC4(CC3)OCCO4)c3ccccc32)C(=O)N1. The van der Waals surface area contributed by atoms with Gasteiger partial charge in [0.25, 0.3) is 0 Å². The lowest BCUT2D eigenvalue weighted by molar-refractivity contribution is -0.178. The molecule has 5 rings (SSSR count). The Labute approximate surface area is 165 Å². The van der Waals surface area contributed by atoms with E-state index in [0.717, 1.165) is 44.5 Å². The maximum atomic E-state index is 12.4. The van der Waals surface area contributed by atoms with Gasteiger partial charge in [0, 0.05) is 38.4 Å². The van der Waals surface area contributed by atoms with E-state index in [4.69, 9.17) is 9.47 Å². The quantitative estimate of drug-likeness (QED) is 0.783. The Morgan fingerprint density at radius 2 is 1.57 bits per heavy atom. The number of anilines is 2. The number of imide groups is 1. The van der Waals surface area contributed by atoms with E-state index in [1.807, 2.05) is 6.07 Å². The van der Waals surface area contributed by atoms with Crippen LogP contribution in [0, 0.1) is 0 Å². The summed E-state index contributed by atoms with van der Waals surface area (Å²) in [5, 5.41) is 2.50. The Hall–Kier alpha value is -2.12. The first-order valence-electron chi connectivity index (χ1n) is 10.4. The second-order valence-corrected chi connectivity index (χ2v) is 8.18. The number of amides is 2. The maximum Gasteiger partial charge on any atom is 0.249 e. The Balaban J connectivity index is 1.35. The second-order valence-electron chi connectivity index (χ2n) is 8.18. The van der Waals surface area contributed by atoms with Gasteiger partial charge in [0.2, 0.25) is 11.8 Å². The standard InChI is InChI=1S/C21H27N3O4/c25-19-6-5-18(20(26)22-19)24-12-11-23(16-3-1-2-4-17(16)24)15-7-9-21(10-8-15)27-13-14-28-21/h1-4,15,18H,5-14H2,(H,22,25,26)/t18-/m1/s1. The molecule has 0 unspecified atom stereocenters. The molecule has 3 fully saturated rings. The Kier molecular flexibility index (Phi) is 4.51. The molecule has 0 aromatic heterocycles. The molecule has 1 saturated carbocycles. The minimum atomic E-state index is -0.343. The van der Waals surface area contributed by atoms with Gasteiger partial charge in [0.05, 0.1) is 24.6 Å². The lowest BCUT2D eigenvalue weighted by atomic mass is 9.88. The number of benzene rings is 1. The monoisotopic (exact) mass is 385 g/mol. The number of nitrogens with one attached hydrogen (secondary N) is 1. The predicted molar refractivity (Wildman–Crippen MR) is 104 cm³/mol. The minimum absolute atomic E-state index is 0.166. The fourth-order valence-electron chi connectivity index (χ4n) is 5.23. The summed E-state index contributed by atoms with van der Waals surface area (Å²) in [5.41, 5.74) is 2.28. The van der Waals surface area contributed by atoms with Crippen LogP contribution in [0.3, 0.4) is 0 Å². The van der Waals surface area contributed by atoms with E-state index in [9.17, 15) is 9.59 Å². The average molecular weight is 385 g/mol. The molecule has 0 bridgehead atoms. The van der Waals surface area contributed by atoms with Crippen LogP contribution in [0.5, 0.6) is 0 Å². The van der Waals surface area contributed by atoms with E-state index in [2.05, 4.69) is 33.3 Å². The summed E-state index contributed by atoms with van der Waals surface area (Å²) in [5.74, 6) is -0.680. The van der Waals surface area contributed by atoms with Crippen molar-refractivity contribution in [3.8, 4) is 0 Å². The molecule has 1 N–H and O–H groups in total. The number of piperidine rings is 1. The maximum absolute atomic E-state index is 12.4. The third-order valence-electron chi connectivity index (χ3n) is 6.64. The molecule has 7 heteroatoms. The van der Waals surface area contributed by atoms with Crippen LogP contribution in [0.2, 0.25) is 0 Å². The topological polar surface area (TPSA) is 71.1 Å². The predicted octanol–water partition coefficient (Wildman–Crippen LogP) is 1.80. The number of hydrogen-bond donors (Lipinski definition) is 1. The third-order valence-corrected chi connectivity index (χ3v) is 6.64. The van der Waals surface area contributed by atoms with Gasteiger partial charge in [0.15, 0.2) is 5.79 Å². The zero-order chi connectivity index (χ0) is 19.1. The highest BCUT2D eigenvalue weighted by Gasteiger charge is 2.43. The zero-order valence-electron chi connectivity index (χ0n) is 16.1. The number of rotatable bonds is 2. The fraction of sp³-hybridized carbons (Fsp3) is 0.619. The van der Waals surface area contributed by atoms with Gasteiger partial charge >= 0.3 is 0 Å². The zero-order valence-corrected chi connectivity index (χ0v) is 16.1. The lowest BCUT2D eigenvalue weighted by Gasteiger charge is -2.47. The first-order chi connectivity index (χ1) is 13.7. The molecule has 3 heterocycles. The van der Waals surface area contributed by atoms with Crippen LogP contribution in [0.25, 0.3) is 0 Å². The molecule has 0 radical (unpaired) electrons. The van der Waals surface area contributed by atoms with E-state index in [0.29, 0.717) is 32.1 Å². The number of nitrogens with zero attached hydrogens (tertiary/aromatic N) is 2. The molecule has 1 aliphatic carbocycles. The van der Waals surface area contributed by atoms with Crippen molar-refractivity contribution >= 4 is 23.2 Å². The van der Waals surface area contributed by atoms with E-state index in [1.165, 1.54) is 5.69 Å². The van der Waals surface area contributed by atoms with E-state index in [-0.39, 0.29) is 23.6 Å². The number of carbonyl (C=O) groups is 2. The van der Waals surface area contributed by atoms with Crippen molar-refractivity contribution in [3.05, 3.63) is 24.3 Å². The summed E-state index contributed by atoms with van der Waals surface area (Å²) >= 11 is 0. The van der Waals surface area contributed by atoms with Gasteiger partial charge in [-0.15, -0.1) is 0 Å². The molecule has 1 aromatic rings. The molecule has 1 spiro atoms. The van der Waals surface area contributed by atoms with Crippen molar-refractivity contribution in [1.82, 2.24) is 5.32 Å². The van der Waals surface area contributed by atoms with Crippen LogP contribution < -0.4 is 15.1 Å². The minimum Gasteiger partial charge on any atom is -0.365 e. The van der Waals surface area contributed by atoms with Crippen LogP contribution >= 0.6 is 0 Å². The smallest absolute Gasteiger partial charge is 0.249 e. The Morgan fingerprint density at radius 1 is 0.929 bits per heavy atom. The summed E-state index contributed by atoms with van der Waals surface area (Å²) in [6.45, 7) is 3.09. The average Bonchev–Trinajstić information content (AvgIpc) is 3.16. The van der Waals surface area contributed by atoms with Crippen molar-refractivity contribution < 1.29 is 19.1 Å². The van der Waals surface area contributed by atoms with Crippen LogP contribution in [0.4, 0.5) is 11.4 Å². The largest absolute Gasteiger partial charge is 0.365 e. The first-order valence-corrected chi connectivity index (χ1v) is 10.4. The van der Waals surface area contributed by atoms with Gasteiger partial charge < -0.3 is 19.3 Å². The number of ether oxygens (including phenoxy) is 2. The number of fused-ring (bicyclic) bond motifs is 1. The molecule has 1 atom stereocenters. The first kappa shape index (κ1) is 17.9. The van der Waals surface area contributed by atoms with Crippen molar-refractivity contribution in [1.29, 1.82) is 0 Å². The normalized spacial score (nSPS) is 27.8. The van der Waals surface area contributed by atoms with Gasteiger partial charge in [-0.1, -0.05) is 12.1 Å². The summed E-state index contributed by atoms with van der Waals surface area (Å²) in [4.78, 5) is 28.6. The molecule has 2 saturated heterocycles. The van der Waals surface area contributed by atoms with Gasteiger partial charge in [-0.25, -0.2) is 0 Å². The van der Waals surface area contributed by atoms with Crippen molar-refractivity contribution in [2.24, 2.45) is 0 Å². The molecular formula is C21H27N3O4. The Morgan fingerprint density at radius 3 is 2.25 bits per heavy atom. The van der Waals surface area contributed by atoms with E-state index < -0.39 is 0 Å². The molecule has 1 aromatic carbocycles. The van der Waals surface area contributed by atoms with Gasteiger partial charge in [-0.3, -0.25) is 14.9 Å². The molecule has 3 aliphatic heterocycles. The van der Waals surface area contributed by atoms with E-state index >= 15 is 0 Å². The molecule has 28 heavy (non-hydrogen) atoms. The summed E-state index contributed by atoms with van der Waals surface area (Å²) in [6.07, 6.45) is 4.96. The highest BCUT2D eigenvalue weighted by molar-refractivity contribution is 6.02. The van der Waals surface area contributed by atoms with Crippen molar-refractivity contribution in [3.63, 3.8) is 0 Å². The summed E-state index contributed by atoms with van der Waals surface area (Å²) < 4.78 is 11.8. The molecule has 2 amide bonds. The van der Waals surface area contributed by atoms with Crippen LogP contribution in [0.15, 0.2) is 24.3 Å². The second kappa shape index (κ2) is 7.04. The van der Waals surface area contributed by atoms with Crippen LogP contribution in [-0.4, -0.2) is 56.0 Å². The lowest BCUT2D eigenvalue weighted by Crippen LogP contribution is -2.57. The van der Waals surface area contributed by atoms with Gasteiger partial charge in [0.1, 0.15) is 6.04 Å². The number of carbonyl (C=O) groups excluding carboxylic acids is 2. The van der Waals surface area contributed by atoms with Gasteiger partial charge in [-0.05, 0) is 31.4 Å². The van der Waals surface area contributed by atoms with Crippen molar-refractivity contribution in [2.45, 2.75) is 56.4 Å². The third kappa shape index (κ3) is 3.06. The highest BCUT2D eigenvalue weighted by atomic mass is 16.7. The van der Waals surface area contributed by atoms with Gasteiger partial charge in [-0.2, -0.15) is 0 Å². The number of para-hydroxylation sites is 2. The Bertz CT molecular complexity index is 767. The molecule has 4 aliphatic rings. The highest BCUT2D eigenvalue weighted by Crippen LogP contribution is 2.42.